The number of allylic oxidation sites excluding steroid dienone is 1. The van der Waals surface area contributed by atoms with Gasteiger partial charge in [0.15, 0.2) is 5.17 Å². The summed E-state index contributed by atoms with van der Waals surface area (Å²) in [4.78, 5) is 32.2. The maximum absolute atomic E-state index is 15.0. The minimum absolute atomic E-state index is 0.0397. The standard InChI is InChI=1S/C27H28FN3O3S/c1-5-34-26(33)24-17(4)29-27-31(25(24)21-8-6-7-9-22(21)28)20(15-35-27)14-23(32)30-19-12-10-18(11-13-19)16(2)3/h6-13,15-16,25H,5,14H2,1-4H3,(H,30,32)/t25-/m0/s1. The number of amidine groups is 1. The number of hydrogen-bond acceptors (Lipinski definition) is 6. The van der Waals surface area contributed by atoms with Gasteiger partial charge in [0.25, 0.3) is 0 Å². The van der Waals surface area contributed by atoms with Gasteiger partial charge in [-0.3, -0.25) is 4.79 Å². The summed E-state index contributed by atoms with van der Waals surface area (Å²) in [5.74, 6) is -0.810. The fraction of sp³-hybridized carbons (Fsp3) is 0.296. The van der Waals surface area contributed by atoms with E-state index in [1.165, 1.54) is 23.4 Å². The van der Waals surface area contributed by atoms with E-state index in [2.05, 4.69) is 24.2 Å². The zero-order valence-corrected chi connectivity index (χ0v) is 21.0. The number of halogens is 1. The Balaban J connectivity index is 1.62. The van der Waals surface area contributed by atoms with Crippen molar-refractivity contribution in [2.24, 2.45) is 4.99 Å². The molecule has 2 heterocycles. The largest absolute Gasteiger partial charge is 0.463 e. The summed E-state index contributed by atoms with van der Waals surface area (Å²) < 4.78 is 20.3. The summed E-state index contributed by atoms with van der Waals surface area (Å²) >= 11 is 1.35. The number of carbonyl (C=O) groups is 2. The lowest BCUT2D eigenvalue weighted by Crippen LogP contribution is -2.38. The van der Waals surface area contributed by atoms with Crippen LogP contribution in [0.3, 0.4) is 0 Å². The highest BCUT2D eigenvalue weighted by atomic mass is 32.2. The highest BCUT2D eigenvalue weighted by Crippen LogP contribution is 2.45. The molecule has 2 aromatic carbocycles. The summed E-state index contributed by atoms with van der Waals surface area (Å²) in [5.41, 5.74) is 3.58. The summed E-state index contributed by atoms with van der Waals surface area (Å²) in [6.45, 7) is 7.85. The molecule has 4 rings (SSSR count). The van der Waals surface area contributed by atoms with E-state index in [1.54, 1.807) is 36.9 Å². The van der Waals surface area contributed by atoms with E-state index in [1.807, 2.05) is 29.7 Å². The van der Waals surface area contributed by atoms with Crippen LogP contribution in [0.15, 0.2) is 75.9 Å². The monoisotopic (exact) mass is 493 g/mol. The number of carbonyl (C=O) groups excluding carboxylic acids is 2. The van der Waals surface area contributed by atoms with Crippen LogP contribution in [0.25, 0.3) is 0 Å². The molecule has 0 bridgehead atoms. The molecule has 2 aliphatic heterocycles. The van der Waals surface area contributed by atoms with Crippen LogP contribution in [0.5, 0.6) is 0 Å². The molecule has 1 atom stereocenters. The van der Waals surface area contributed by atoms with E-state index in [9.17, 15) is 9.59 Å². The Morgan fingerprint density at radius 3 is 2.54 bits per heavy atom. The van der Waals surface area contributed by atoms with Crippen LogP contribution in [-0.2, 0) is 14.3 Å². The Morgan fingerprint density at radius 2 is 1.89 bits per heavy atom. The zero-order valence-electron chi connectivity index (χ0n) is 20.2. The van der Waals surface area contributed by atoms with Crippen molar-refractivity contribution in [3.8, 4) is 0 Å². The highest BCUT2D eigenvalue weighted by Gasteiger charge is 2.42. The number of nitrogens with one attached hydrogen (secondary N) is 1. The first-order chi connectivity index (χ1) is 16.8. The minimum atomic E-state index is -0.790. The molecule has 6 nitrogen and oxygen atoms in total. The van der Waals surface area contributed by atoms with Gasteiger partial charge in [-0.2, -0.15) is 0 Å². The molecule has 35 heavy (non-hydrogen) atoms. The summed E-state index contributed by atoms with van der Waals surface area (Å²) in [6.07, 6.45) is 0.0397. The SMILES string of the molecule is CCOC(=O)C1=C(C)N=C2SC=C(CC(=O)Nc3ccc(C(C)C)cc3)N2[C@H]1c1ccccc1F. The minimum Gasteiger partial charge on any atom is -0.463 e. The second kappa shape index (κ2) is 10.5. The van der Waals surface area contributed by atoms with Crippen LogP contribution in [-0.4, -0.2) is 28.6 Å². The molecule has 0 unspecified atom stereocenters. The number of benzene rings is 2. The maximum Gasteiger partial charge on any atom is 0.338 e. The van der Waals surface area contributed by atoms with E-state index in [0.29, 0.717) is 33.7 Å². The topological polar surface area (TPSA) is 71.0 Å². The van der Waals surface area contributed by atoms with Gasteiger partial charge in [-0.05, 0) is 48.9 Å². The Bertz CT molecular complexity index is 1230. The van der Waals surface area contributed by atoms with Crippen molar-refractivity contribution >= 4 is 34.5 Å². The number of amides is 1. The molecule has 0 aromatic heterocycles. The van der Waals surface area contributed by atoms with E-state index >= 15 is 4.39 Å². The molecule has 0 saturated heterocycles. The number of fused-ring (bicyclic) bond motifs is 1. The van der Waals surface area contributed by atoms with E-state index < -0.39 is 17.8 Å². The fourth-order valence-corrected chi connectivity index (χ4v) is 5.12. The second-order valence-corrected chi connectivity index (χ2v) is 9.47. The quantitative estimate of drug-likeness (QED) is 0.471. The predicted molar refractivity (Wildman–Crippen MR) is 137 cm³/mol. The normalized spacial score (nSPS) is 17.2. The number of hydrogen-bond donors (Lipinski definition) is 1. The molecule has 0 aliphatic carbocycles. The Morgan fingerprint density at radius 1 is 1.17 bits per heavy atom. The Labute approximate surface area is 209 Å². The maximum atomic E-state index is 15.0. The molecular weight excluding hydrogens is 465 g/mol. The molecule has 182 valence electrons. The lowest BCUT2D eigenvalue weighted by atomic mass is 9.93. The van der Waals surface area contributed by atoms with Gasteiger partial charge in [-0.1, -0.05) is 55.9 Å². The Hall–Kier alpha value is -3.39. The lowest BCUT2D eigenvalue weighted by molar-refractivity contribution is -0.139. The van der Waals surface area contributed by atoms with Crippen LogP contribution < -0.4 is 5.32 Å². The van der Waals surface area contributed by atoms with Gasteiger partial charge < -0.3 is 15.0 Å². The average Bonchev–Trinajstić information content (AvgIpc) is 3.20. The van der Waals surface area contributed by atoms with Crippen molar-refractivity contribution in [1.82, 2.24) is 4.90 Å². The van der Waals surface area contributed by atoms with Gasteiger partial charge in [0.05, 0.1) is 30.3 Å². The summed E-state index contributed by atoms with van der Waals surface area (Å²) in [6, 6.07) is 13.3. The van der Waals surface area contributed by atoms with E-state index in [-0.39, 0.29) is 24.5 Å². The van der Waals surface area contributed by atoms with Crippen molar-refractivity contribution in [3.05, 3.63) is 87.9 Å². The van der Waals surface area contributed by atoms with E-state index in [0.717, 1.165) is 0 Å². The van der Waals surface area contributed by atoms with Gasteiger partial charge in [0.1, 0.15) is 5.82 Å². The van der Waals surface area contributed by atoms with Crippen LogP contribution in [0.1, 0.15) is 57.2 Å². The second-order valence-electron chi connectivity index (χ2n) is 8.64. The third-order valence-corrected chi connectivity index (χ3v) is 6.79. The molecule has 8 heteroatoms. The van der Waals surface area contributed by atoms with E-state index in [4.69, 9.17) is 4.74 Å². The number of thioether (sulfide) groups is 1. The molecule has 1 N–H and O–H groups in total. The molecular formula is C27H28FN3O3S. The molecule has 0 radical (unpaired) electrons. The van der Waals surface area contributed by atoms with Crippen molar-refractivity contribution in [2.45, 2.75) is 46.1 Å². The lowest BCUT2D eigenvalue weighted by Gasteiger charge is -2.36. The summed E-state index contributed by atoms with van der Waals surface area (Å²) in [7, 11) is 0. The van der Waals surface area contributed by atoms with Crippen LogP contribution in [0.4, 0.5) is 10.1 Å². The molecule has 0 fully saturated rings. The first kappa shape index (κ1) is 24.7. The number of anilines is 1. The van der Waals surface area contributed by atoms with Gasteiger partial charge >= 0.3 is 5.97 Å². The van der Waals surface area contributed by atoms with Crippen molar-refractivity contribution in [2.75, 3.05) is 11.9 Å². The predicted octanol–water partition coefficient (Wildman–Crippen LogP) is 6.12. The molecule has 0 saturated carbocycles. The molecule has 2 aromatic rings. The van der Waals surface area contributed by atoms with Crippen LogP contribution in [0, 0.1) is 5.82 Å². The van der Waals surface area contributed by atoms with Gasteiger partial charge in [0, 0.05) is 16.9 Å². The molecule has 2 aliphatic rings. The van der Waals surface area contributed by atoms with Gasteiger partial charge in [-0.25, -0.2) is 14.2 Å². The van der Waals surface area contributed by atoms with Crippen LogP contribution >= 0.6 is 11.8 Å². The summed E-state index contributed by atoms with van der Waals surface area (Å²) in [5, 5.41) is 5.35. The average molecular weight is 494 g/mol. The first-order valence-electron chi connectivity index (χ1n) is 11.6. The van der Waals surface area contributed by atoms with Crippen molar-refractivity contribution < 1.29 is 18.7 Å². The number of rotatable bonds is 7. The third kappa shape index (κ3) is 5.17. The number of esters is 1. The number of ether oxygens (including phenoxy) is 1. The van der Waals surface area contributed by atoms with Gasteiger partial charge in [0.2, 0.25) is 5.91 Å². The molecule has 0 spiro atoms. The zero-order chi connectivity index (χ0) is 25.1. The fourth-order valence-electron chi connectivity index (χ4n) is 4.15. The Kier molecular flexibility index (Phi) is 7.40. The number of aliphatic imine (C=N–C) groups is 1. The highest BCUT2D eigenvalue weighted by molar-refractivity contribution is 8.16. The molecule has 1 amide bonds. The number of nitrogens with zero attached hydrogens (tertiary/aromatic N) is 2. The van der Waals surface area contributed by atoms with Gasteiger partial charge in [-0.15, -0.1) is 0 Å². The van der Waals surface area contributed by atoms with Crippen molar-refractivity contribution in [1.29, 1.82) is 0 Å². The smallest absolute Gasteiger partial charge is 0.338 e. The van der Waals surface area contributed by atoms with Crippen molar-refractivity contribution in [3.63, 3.8) is 0 Å². The van der Waals surface area contributed by atoms with Crippen LogP contribution in [0.2, 0.25) is 0 Å². The third-order valence-electron chi connectivity index (χ3n) is 5.90. The first-order valence-corrected chi connectivity index (χ1v) is 12.4.